The van der Waals surface area contributed by atoms with Gasteiger partial charge in [-0.1, -0.05) is 0 Å². The van der Waals surface area contributed by atoms with Gasteiger partial charge in [0.2, 0.25) is 0 Å². The van der Waals surface area contributed by atoms with E-state index in [0.29, 0.717) is 19.1 Å². The Morgan fingerprint density at radius 2 is 2.04 bits per heavy atom. The maximum Gasteiger partial charge on any atom is 0.317 e. The molecule has 1 atom stereocenters. The standard InChI is InChI=1S/C18H28N4O3/c23-18(21-6-1-2-7-21)19-11-16-17-15(5-10-25-16)13-22(20-17)12-14-3-8-24-9-4-14/h13-14,16H,1-12H2,(H,19,23)/t16-/m1/s1. The Morgan fingerprint density at radius 3 is 2.84 bits per heavy atom. The first-order valence-electron chi connectivity index (χ1n) is 9.58. The number of rotatable bonds is 4. The number of nitrogens with zero attached hydrogens (tertiary/aromatic N) is 3. The zero-order valence-electron chi connectivity index (χ0n) is 14.8. The summed E-state index contributed by atoms with van der Waals surface area (Å²) in [5.74, 6) is 0.643. The number of aromatic nitrogens is 2. The van der Waals surface area contributed by atoms with Gasteiger partial charge in [-0.05, 0) is 43.6 Å². The fourth-order valence-corrected chi connectivity index (χ4v) is 3.99. The van der Waals surface area contributed by atoms with Crippen LogP contribution in [0.3, 0.4) is 0 Å². The van der Waals surface area contributed by atoms with E-state index >= 15 is 0 Å². The molecule has 25 heavy (non-hydrogen) atoms. The maximum absolute atomic E-state index is 12.2. The molecule has 0 aliphatic carbocycles. The Labute approximate surface area is 148 Å². The second-order valence-electron chi connectivity index (χ2n) is 7.31. The first kappa shape index (κ1) is 16.8. The van der Waals surface area contributed by atoms with Gasteiger partial charge in [0.1, 0.15) is 6.10 Å². The normalized spacial score (nSPS) is 24.3. The van der Waals surface area contributed by atoms with Gasteiger partial charge in [0.25, 0.3) is 0 Å². The van der Waals surface area contributed by atoms with Gasteiger partial charge in [-0.15, -0.1) is 0 Å². The van der Waals surface area contributed by atoms with Crippen molar-refractivity contribution < 1.29 is 14.3 Å². The summed E-state index contributed by atoms with van der Waals surface area (Å²) in [4.78, 5) is 14.1. The summed E-state index contributed by atoms with van der Waals surface area (Å²) >= 11 is 0. The summed E-state index contributed by atoms with van der Waals surface area (Å²) in [6.07, 6.45) is 7.36. The molecular formula is C18H28N4O3. The molecule has 3 aliphatic rings. The molecule has 138 valence electrons. The van der Waals surface area contributed by atoms with Crippen molar-refractivity contribution in [2.24, 2.45) is 5.92 Å². The van der Waals surface area contributed by atoms with Crippen LogP contribution in [0.5, 0.6) is 0 Å². The lowest BCUT2D eigenvalue weighted by atomic mass is 10.0. The molecule has 7 heteroatoms. The molecule has 4 heterocycles. The van der Waals surface area contributed by atoms with Gasteiger partial charge in [-0.25, -0.2) is 4.79 Å². The smallest absolute Gasteiger partial charge is 0.317 e. The predicted molar refractivity (Wildman–Crippen MR) is 92.4 cm³/mol. The molecule has 0 saturated carbocycles. The number of hydrogen-bond acceptors (Lipinski definition) is 4. The number of ether oxygens (including phenoxy) is 2. The average molecular weight is 348 g/mol. The number of amides is 2. The highest BCUT2D eigenvalue weighted by Gasteiger charge is 2.27. The number of hydrogen-bond donors (Lipinski definition) is 1. The first-order chi connectivity index (χ1) is 12.3. The quantitative estimate of drug-likeness (QED) is 0.900. The Balaban J connectivity index is 1.36. The van der Waals surface area contributed by atoms with E-state index < -0.39 is 0 Å². The summed E-state index contributed by atoms with van der Waals surface area (Å²) in [7, 11) is 0. The molecule has 2 amide bonds. The minimum Gasteiger partial charge on any atom is -0.381 e. The third-order valence-corrected chi connectivity index (χ3v) is 5.48. The molecule has 0 unspecified atom stereocenters. The highest BCUT2D eigenvalue weighted by molar-refractivity contribution is 5.74. The van der Waals surface area contributed by atoms with Crippen molar-refractivity contribution >= 4 is 6.03 Å². The Bertz CT molecular complexity index is 591. The second kappa shape index (κ2) is 7.74. The molecule has 1 N–H and O–H groups in total. The highest BCUT2D eigenvalue weighted by atomic mass is 16.5. The van der Waals surface area contributed by atoms with Crippen LogP contribution < -0.4 is 5.32 Å². The van der Waals surface area contributed by atoms with Crippen LogP contribution in [-0.4, -0.2) is 60.2 Å². The van der Waals surface area contributed by atoms with Gasteiger partial charge in [0.05, 0.1) is 18.8 Å². The van der Waals surface area contributed by atoms with Crippen LogP contribution in [-0.2, 0) is 22.4 Å². The maximum atomic E-state index is 12.2. The zero-order valence-corrected chi connectivity index (χ0v) is 14.8. The van der Waals surface area contributed by atoms with Crippen molar-refractivity contribution in [2.75, 3.05) is 39.5 Å². The first-order valence-corrected chi connectivity index (χ1v) is 9.58. The molecule has 0 bridgehead atoms. The van der Waals surface area contributed by atoms with Gasteiger partial charge in [-0.2, -0.15) is 5.10 Å². The fourth-order valence-electron chi connectivity index (χ4n) is 3.99. The molecule has 3 aliphatic heterocycles. The van der Waals surface area contributed by atoms with E-state index in [1.165, 1.54) is 5.56 Å². The van der Waals surface area contributed by atoms with Gasteiger partial charge in [-0.3, -0.25) is 4.68 Å². The average Bonchev–Trinajstić information content (AvgIpc) is 3.30. The molecule has 1 aromatic rings. The lowest BCUT2D eigenvalue weighted by Gasteiger charge is -2.24. The van der Waals surface area contributed by atoms with Crippen molar-refractivity contribution in [1.82, 2.24) is 20.0 Å². The minimum absolute atomic E-state index is 0.0230. The van der Waals surface area contributed by atoms with E-state index in [2.05, 4.69) is 16.2 Å². The highest BCUT2D eigenvalue weighted by Crippen LogP contribution is 2.26. The minimum atomic E-state index is -0.133. The number of fused-ring (bicyclic) bond motifs is 1. The van der Waals surface area contributed by atoms with Crippen LogP contribution in [0.1, 0.15) is 43.0 Å². The van der Waals surface area contributed by atoms with Crippen LogP contribution in [0.2, 0.25) is 0 Å². The second-order valence-corrected chi connectivity index (χ2v) is 7.31. The summed E-state index contributed by atoms with van der Waals surface area (Å²) < 4.78 is 13.4. The van der Waals surface area contributed by atoms with Crippen molar-refractivity contribution in [2.45, 2.75) is 44.8 Å². The van der Waals surface area contributed by atoms with E-state index in [0.717, 1.165) is 70.6 Å². The van der Waals surface area contributed by atoms with Crippen molar-refractivity contribution in [3.05, 3.63) is 17.5 Å². The molecule has 0 radical (unpaired) electrons. The summed E-state index contributed by atoms with van der Waals surface area (Å²) in [6.45, 7) is 5.59. The van der Waals surface area contributed by atoms with Gasteiger partial charge < -0.3 is 19.7 Å². The van der Waals surface area contributed by atoms with E-state index in [1.807, 2.05) is 4.90 Å². The number of likely N-dealkylation sites (tertiary alicyclic amines) is 1. The SMILES string of the molecule is O=C(NC[C@H]1OCCc2cn(CC3CCOCC3)nc21)N1CCCC1. The third-order valence-electron chi connectivity index (χ3n) is 5.48. The molecule has 2 fully saturated rings. The number of carbonyl (C=O) groups excluding carboxylic acids is 1. The largest absolute Gasteiger partial charge is 0.381 e. The van der Waals surface area contributed by atoms with Crippen LogP contribution in [0, 0.1) is 5.92 Å². The van der Waals surface area contributed by atoms with Crippen molar-refractivity contribution in [1.29, 1.82) is 0 Å². The third kappa shape index (κ3) is 3.98. The van der Waals surface area contributed by atoms with E-state index in [9.17, 15) is 4.79 Å². The molecule has 0 aromatic carbocycles. The summed E-state index contributed by atoms with van der Waals surface area (Å²) in [5.41, 5.74) is 2.26. The van der Waals surface area contributed by atoms with Crippen LogP contribution in [0.4, 0.5) is 4.79 Å². The van der Waals surface area contributed by atoms with E-state index in [4.69, 9.17) is 14.6 Å². The molecular weight excluding hydrogens is 320 g/mol. The molecule has 1 aromatic heterocycles. The van der Waals surface area contributed by atoms with Crippen molar-refractivity contribution in [3.63, 3.8) is 0 Å². The number of carbonyl (C=O) groups is 1. The van der Waals surface area contributed by atoms with Crippen molar-refractivity contribution in [3.8, 4) is 0 Å². The molecule has 7 nitrogen and oxygen atoms in total. The lowest BCUT2D eigenvalue weighted by Crippen LogP contribution is -2.40. The zero-order chi connectivity index (χ0) is 17.1. The van der Waals surface area contributed by atoms with Gasteiger partial charge >= 0.3 is 6.03 Å². The summed E-state index contributed by atoms with van der Waals surface area (Å²) in [6, 6.07) is 0.0230. The lowest BCUT2D eigenvalue weighted by molar-refractivity contribution is 0.0398. The van der Waals surface area contributed by atoms with Crippen LogP contribution in [0.25, 0.3) is 0 Å². The topological polar surface area (TPSA) is 68.6 Å². The molecule has 2 saturated heterocycles. The van der Waals surface area contributed by atoms with Crippen LogP contribution in [0.15, 0.2) is 6.20 Å². The van der Waals surface area contributed by atoms with Gasteiger partial charge in [0, 0.05) is 39.0 Å². The summed E-state index contributed by atoms with van der Waals surface area (Å²) in [5, 5.41) is 7.81. The van der Waals surface area contributed by atoms with Gasteiger partial charge in [0.15, 0.2) is 0 Å². The fraction of sp³-hybridized carbons (Fsp3) is 0.778. The Morgan fingerprint density at radius 1 is 1.24 bits per heavy atom. The monoisotopic (exact) mass is 348 g/mol. The Hall–Kier alpha value is -1.60. The Kier molecular flexibility index (Phi) is 5.22. The number of urea groups is 1. The number of nitrogens with one attached hydrogen (secondary N) is 1. The molecule has 4 rings (SSSR count). The predicted octanol–water partition coefficient (Wildman–Crippen LogP) is 1.73. The van der Waals surface area contributed by atoms with E-state index in [-0.39, 0.29) is 12.1 Å². The molecule has 0 spiro atoms. The van der Waals surface area contributed by atoms with E-state index in [1.54, 1.807) is 0 Å². The van der Waals surface area contributed by atoms with Crippen LogP contribution >= 0.6 is 0 Å².